The van der Waals surface area contributed by atoms with Crippen LogP contribution in [0.2, 0.25) is 0 Å². The average Bonchev–Trinajstić information content (AvgIpc) is 2.83. The summed E-state index contributed by atoms with van der Waals surface area (Å²) in [5.74, 6) is 2.07. The third-order valence-electron chi connectivity index (χ3n) is 3.48. The highest BCUT2D eigenvalue weighted by Crippen LogP contribution is 2.17. The Hall–Kier alpha value is -1.21. The summed E-state index contributed by atoms with van der Waals surface area (Å²) >= 11 is 1.78. The molecule has 0 radical (unpaired) electrons. The molecular formula is C15H23N3O2S2. The third kappa shape index (κ3) is 5.53. The minimum Gasteiger partial charge on any atom is -0.356 e. The first-order chi connectivity index (χ1) is 10.5. The van der Waals surface area contributed by atoms with E-state index in [2.05, 4.69) is 46.8 Å². The third-order valence-corrected chi connectivity index (χ3v) is 6.26. The predicted octanol–water partition coefficient (Wildman–Crippen LogP) is 1.44. The molecule has 1 aliphatic heterocycles. The number of thioether (sulfide) groups is 1. The summed E-state index contributed by atoms with van der Waals surface area (Å²) in [5, 5.41) is 6.41. The van der Waals surface area contributed by atoms with Crippen LogP contribution in [0.25, 0.3) is 0 Å². The van der Waals surface area contributed by atoms with Crippen molar-refractivity contribution >= 4 is 27.6 Å². The van der Waals surface area contributed by atoms with Gasteiger partial charge in [-0.25, -0.2) is 8.42 Å². The van der Waals surface area contributed by atoms with E-state index in [9.17, 15) is 8.42 Å². The Kier molecular flexibility index (Phi) is 6.14. The predicted molar refractivity (Wildman–Crippen MR) is 93.5 cm³/mol. The topological polar surface area (TPSA) is 70.6 Å². The second-order valence-electron chi connectivity index (χ2n) is 5.40. The van der Waals surface area contributed by atoms with Crippen LogP contribution in [-0.4, -0.2) is 51.3 Å². The van der Waals surface area contributed by atoms with Crippen LogP contribution in [0.3, 0.4) is 0 Å². The number of aliphatic imine (C=N–C) groups is 1. The Morgan fingerprint density at radius 1 is 1.36 bits per heavy atom. The minimum atomic E-state index is -2.86. The molecule has 0 aliphatic carbocycles. The van der Waals surface area contributed by atoms with E-state index in [4.69, 9.17) is 0 Å². The molecule has 0 amide bonds. The molecule has 2 rings (SSSR count). The van der Waals surface area contributed by atoms with Gasteiger partial charge in [0.05, 0.1) is 11.5 Å². The monoisotopic (exact) mass is 341 g/mol. The molecule has 122 valence electrons. The standard InChI is InChI=1S/C15H23N3O2S2/c1-12-3-5-14(6-4-12)21-9-8-17-15(16-2)18-13-7-10-22(19,20)11-13/h3-6,13H,7-11H2,1-2H3,(H2,16,17,18). The van der Waals surface area contributed by atoms with Gasteiger partial charge in [0.25, 0.3) is 0 Å². The summed E-state index contributed by atoms with van der Waals surface area (Å²) < 4.78 is 22.9. The number of rotatable bonds is 5. The molecule has 0 bridgehead atoms. The summed E-state index contributed by atoms with van der Waals surface area (Å²) in [5.41, 5.74) is 1.26. The molecule has 1 aliphatic rings. The number of aryl methyl sites for hydroxylation is 1. The van der Waals surface area contributed by atoms with E-state index >= 15 is 0 Å². The Bertz CT molecular complexity index is 612. The molecule has 0 spiro atoms. The van der Waals surface area contributed by atoms with E-state index in [-0.39, 0.29) is 17.5 Å². The molecule has 0 saturated carbocycles. The quantitative estimate of drug-likeness (QED) is 0.367. The Balaban J connectivity index is 1.69. The molecule has 5 nitrogen and oxygen atoms in total. The van der Waals surface area contributed by atoms with Crippen LogP contribution >= 0.6 is 11.8 Å². The SMILES string of the molecule is CN=C(NCCSc1ccc(C)cc1)NC1CCS(=O)(=O)C1. The summed E-state index contributed by atoms with van der Waals surface area (Å²) in [4.78, 5) is 5.39. The van der Waals surface area contributed by atoms with Crippen molar-refractivity contribution in [1.82, 2.24) is 10.6 Å². The van der Waals surface area contributed by atoms with Crippen LogP contribution in [0.5, 0.6) is 0 Å². The van der Waals surface area contributed by atoms with Crippen molar-refractivity contribution in [2.75, 3.05) is 30.9 Å². The molecule has 1 heterocycles. The van der Waals surface area contributed by atoms with Crippen molar-refractivity contribution in [1.29, 1.82) is 0 Å². The van der Waals surface area contributed by atoms with Gasteiger partial charge >= 0.3 is 0 Å². The molecule has 22 heavy (non-hydrogen) atoms. The van der Waals surface area contributed by atoms with Crippen molar-refractivity contribution in [2.45, 2.75) is 24.3 Å². The number of benzene rings is 1. The number of guanidine groups is 1. The van der Waals surface area contributed by atoms with Crippen LogP contribution in [0.4, 0.5) is 0 Å². The molecule has 0 aromatic heterocycles. The van der Waals surface area contributed by atoms with E-state index in [1.807, 2.05) is 0 Å². The van der Waals surface area contributed by atoms with Gasteiger partial charge in [-0.2, -0.15) is 0 Å². The van der Waals surface area contributed by atoms with E-state index in [0.29, 0.717) is 12.4 Å². The first-order valence-corrected chi connectivity index (χ1v) is 10.2. The first kappa shape index (κ1) is 17.1. The maximum absolute atomic E-state index is 11.4. The smallest absolute Gasteiger partial charge is 0.191 e. The fourth-order valence-corrected chi connectivity index (χ4v) is 4.71. The lowest BCUT2D eigenvalue weighted by molar-refractivity contribution is 0.599. The van der Waals surface area contributed by atoms with Crippen LogP contribution in [0, 0.1) is 6.92 Å². The molecule has 1 aromatic carbocycles. The van der Waals surface area contributed by atoms with Crippen LogP contribution in [0.15, 0.2) is 34.2 Å². The van der Waals surface area contributed by atoms with Gasteiger partial charge in [0, 0.05) is 30.3 Å². The van der Waals surface area contributed by atoms with Crippen molar-refractivity contribution in [3.05, 3.63) is 29.8 Å². The van der Waals surface area contributed by atoms with Gasteiger partial charge in [0.15, 0.2) is 15.8 Å². The number of nitrogens with zero attached hydrogens (tertiary/aromatic N) is 1. The van der Waals surface area contributed by atoms with Crippen LogP contribution in [0.1, 0.15) is 12.0 Å². The van der Waals surface area contributed by atoms with Gasteiger partial charge < -0.3 is 10.6 Å². The zero-order valence-electron chi connectivity index (χ0n) is 13.0. The van der Waals surface area contributed by atoms with E-state index in [0.717, 1.165) is 12.3 Å². The largest absolute Gasteiger partial charge is 0.356 e. The lowest BCUT2D eigenvalue weighted by Gasteiger charge is -2.15. The Morgan fingerprint density at radius 3 is 2.68 bits per heavy atom. The number of hydrogen-bond acceptors (Lipinski definition) is 4. The molecule has 2 N–H and O–H groups in total. The molecule has 1 saturated heterocycles. The fourth-order valence-electron chi connectivity index (χ4n) is 2.27. The van der Waals surface area contributed by atoms with E-state index < -0.39 is 9.84 Å². The van der Waals surface area contributed by atoms with Gasteiger partial charge in [-0.3, -0.25) is 4.99 Å². The number of sulfone groups is 1. The number of hydrogen-bond donors (Lipinski definition) is 2. The summed E-state index contributed by atoms with van der Waals surface area (Å²) in [7, 11) is -1.16. The Labute approximate surface area is 136 Å². The molecule has 1 atom stereocenters. The zero-order valence-corrected chi connectivity index (χ0v) is 14.6. The molecular weight excluding hydrogens is 318 g/mol. The lowest BCUT2D eigenvalue weighted by Crippen LogP contribution is -2.44. The van der Waals surface area contributed by atoms with Crippen LogP contribution in [-0.2, 0) is 9.84 Å². The lowest BCUT2D eigenvalue weighted by atomic mass is 10.2. The highest BCUT2D eigenvalue weighted by molar-refractivity contribution is 7.99. The molecule has 7 heteroatoms. The van der Waals surface area contributed by atoms with E-state index in [1.165, 1.54) is 10.5 Å². The normalized spacial score (nSPS) is 20.8. The summed E-state index contributed by atoms with van der Waals surface area (Å²) in [6.45, 7) is 2.85. The maximum atomic E-state index is 11.4. The second-order valence-corrected chi connectivity index (χ2v) is 8.80. The zero-order chi connectivity index (χ0) is 16.0. The number of nitrogens with one attached hydrogen (secondary N) is 2. The highest BCUT2D eigenvalue weighted by Gasteiger charge is 2.28. The van der Waals surface area contributed by atoms with Gasteiger partial charge in [-0.1, -0.05) is 17.7 Å². The van der Waals surface area contributed by atoms with Crippen LogP contribution < -0.4 is 10.6 Å². The average molecular weight is 342 g/mol. The molecule has 1 aromatic rings. The summed E-state index contributed by atoms with van der Waals surface area (Å²) in [6, 6.07) is 8.43. The van der Waals surface area contributed by atoms with Gasteiger partial charge in [-0.05, 0) is 25.5 Å². The molecule has 1 unspecified atom stereocenters. The first-order valence-electron chi connectivity index (χ1n) is 7.35. The van der Waals surface area contributed by atoms with Crippen molar-refractivity contribution in [3.8, 4) is 0 Å². The van der Waals surface area contributed by atoms with E-state index in [1.54, 1.807) is 18.8 Å². The highest BCUT2D eigenvalue weighted by atomic mass is 32.2. The summed E-state index contributed by atoms with van der Waals surface area (Å²) in [6.07, 6.45) is 0.654. The maximum Gasteiger partial charge on any atom is 0.191 e. The van der Waals surface area contributed by atoms with Crippen molar-refractivity contribution < 1.29 is 8.42 Å². The van der Waals surface area contributed by atoms with Crippen molar-refractivity contribution in [3.63, 3.8) is 0 Å². The fraction of sp³-hybridized carbons (Fsp3) is 0.533. The minimum absolute atomic E-state index is 0.0269. The second kappa shape index (κ2) is 7.87. The van der Waals surface area contributed by atoms with Gasteiger partial charge in [0.2, 0.25) is 0 Å². The molecule has 1 fully saturated rings. The van der Waals surface area contributed by atoms with Gasteiger partial charge in [-0.15, -0.1) is 11.8 Å². The van der Waals surface area contributed by atoms with Gasteiger partial charge in [0.1, 0.15) is 0 Å². The Morgan fingerprint density at radius 2 is 2.09 bits per heavy atom. The van der Waals surface area contributed by atoms with Crippen molar-refractivity contribution in [2.24, 2.45) is 4.99 Å².